The molecule has 0 aliphatic rings. The van der Waals surface area contributed by atoms with Crippen molar-refractivity contribution >= 4 is 27.9 Å². The van der Waals surface area contributed by atoms with Crippen LogP contribution in [0.2, 0.25) is 0 Å². The van der Waals surface area contributed by atoms with Gasteiger partial charge in [0.1, 0.15) is 6.29 Å². The second-order valence-corrected chi connectivity index (χ2v) is 9.28. The largest absolute Gasteiger partial charge is 0.370 e. The molecule has 0 saturated heterocycles. The Morgan fingerprint density at radius 2 is 1.68 bits per heavy atom. The average molecular weight is 403 g/mol. The van der Waals surface area contributed by atoms with E-state index >= 15 is 0 Å². The smallest absolute Gasteiger partial charge is 0.240 e. The highest BCUT2D eigenvalue weighted by atomic mass is 32.2. The minimum absolute atomic E-state index is 0.547. The summed E-state index contributed by atoms with van der Waals surface area (Å²) in [5, 5.41) is -0.672. The minimum Gasteiger partial charge on any atom is -0.370 e. The molecule has 1 N–H and O–H groups in total. The second kappa shape index (κ2) is 9.01. The SMILES string of the molecule is CC(C(=O)NS(=O)(=O)C(C)C)c1ccc(N(C)Cc2ccccc2C=O)cc1. The highest BCUT2D eigenvalue weighted by molar-refractivity contribution is 7.90. The first-order chi connectivity index (χ1) is 13.2. The molecule has 0 aliphatic heterocycles. The Bertz CT molecular complexity index is 937. The summed E-state index contributed by atoms with van der Waals surface area (Å²) in [4.78, 5) is 25.4. The zero-order valence-electron chi connectivity index (χ0n) is 16.5. The number of anilines is 1. The van der Waals surface area contributed by atoms with E-state index in [1.54, 1.807) is 13.0 Å². The molecule has 2 rings (SSSR count). The van der Waals surface area contributed by atoms with Crippen LogP contribution >= 0.6 is 0 Å². The summed E-state index contributed by atoms with van der Waals surface area (Å²) >= 11 is 0. The summed E-state index contributed by atoms with van der Waals surface area (Å²) in [7, 11) is -1.73. The Hall–Kier alpha value is -2.67. The van der Waals surface area contributed by atoms with Crippen molar-refractivity contribution in [3.8, 4) is 0 Å². The van der Waals surface area contributed by atoms with E-state index in [2.05, 4.69) is 4.72 Å². The number of hydrogen-bond acceptors (Lipinski definition) is 5. The number of hydrogen-bond donors (Lipinski definition) is 1. The van der Waals surface area contributed by atoms with Crippen LogP contribution < -0.4 is 9.62 Å². The fourth-order valence-electron chi connectivity index (χ4n) is 2.66. The molecule has 6 nitrogen and oxygen atoms in total. The predicted molar refractivity (Wildman–Crippen MR) is 111 cm³/mol. The number of carbonyl (C=O) groups is 2. The molecular formula is C21H26N2O4S. The quantitative estimate of drug-likeness (QED) is 0.686. The van der Waals surface area contributed by atoms with Gasteiger partial charge in [0.2, 0.25) is 15.9 Å². The standard InChI is InChI=1S/C21H26N2O4S/c1-15(2)28(26,27)22-21(25)16(3)17-9-11-20(12-10-17)23(4)13-18-7-5-6-8-19(18)14-24/h5-12,14-16H,13H2,1-4H3,(H,22,25). The Labute approximate surface area is 166 Å². The van der Waals surface area contributed by atoms with E-state index in [1.807, 2.05) is 54.4 Å². The van der Waals surface area contributed by atoms with E-state index in [0.29, 0.717) is 12.1 Å². The van der Waals surface area contributed by atoms with Gasteiger partial charge in [-0.25, -0.2) is 8.42 Å². The van der Waals surface area contributed by atoms with E-state index in [1.165, 1.54) is 13.8 Å². The number of carbonyl (C=O) groups excluding carboxylic acids is 2. The van der Waals surface area contributed by atoms with Crippen LogP contribution in [0.15, 0.2) is 48.5 Å². The van der Waals surface area contributed by atoms with E-state index in [0.717, 1.165) is 23.1 Å². The number of benzene rings is 2. The molecule has 1 amide bonds. The molecule has 150 valence electrons. The molecule has 2 aromatic rings. The molecule has 0 radical (unpaired) electrons. The van der Waals surface area contributed by atoms with Crippen molar-refractivity contribution in [3.05, 3.63) is 65.2 Å². The van der Waals surface area contributed by atoms with Crippen LogP contribution in [0.25, 0.3) is 0 Å². The molecule has 0 spiro atoms. The zero-order chi connectivity index (χ0) is 20.9. The highest BCUT2D eigenvalue weighted by Crippen LogP contribution is 2.22. The second-order valence-electron chi connectivity index (χ2n) is 7.05. The monoisotopic (exact) mass is 402 g/mol. The van der Waals surface area contributed by atoms with Crippen molar-refractivity contribution < 1.29 is 18.0 Å². The molecular weight excluding hydrogens is 376 g/mol. The van der Waals surface area contributed by atoms with Gasteiger partial charge >= 0.3 is 0 Å². The van der Waals surface area contributed by atoms with E-state index in [4.69, 9.17) is 0 Å². The van der Waals surface area contributed by atoms with Crippen LogP contribution in [0, 0.1) is 0 Å². The van der Waals surface area contributed by atoms with E-state index in [-0.39, 0.29) is 0 Å². The van der Waals surface area contributed by atoms with E-state index in [9.17, 15) is 18.0 Å². The van der Waals surface area contributed by atoms with Gasteiger partial charge in [0.05, 0.1) is 11.2 Å². The Morgan fingerprint density at radius 1 is 1.07 bits per heavy atom. The Morgan fingerprint density at radius 3 is 2.25 bits per heavy atom. The van der Waals surface area contributed by atoms with Crippen LogP contribution in [-0.4, -0.2) is 32.9 Å². The summed E-state index contributed by atoms with van der Waals surface area (Å²) in [6.45, 7) is 5.28. The first-order valence-corrected chi connectivity index (χ1v) is 10.6. The molecule has 1 atom stereocenters. The first-order valence-electron chi connectivity index (χ1n) is 9.05. The number of nitrogens with one attached hydrogen (secondary N) is 1. The molecule has 0 saturated carbocycles. The topological polar surface area (TPSA) is 83.6 Å². The lowest BCUT2D eigenvalue weighted by Gasteiger charge is -2.21. The molecule has 0 aromatic heterocycles. The molecule has 0 bridgehead atoms. The maximum Gasteiger partial charge on any atom is 0.240 e. The van der Waals surface area contributed by atoms with Crippen LogP contribution in [0.4, 0.5) is 5.69 Å². The van der Waals surface area contributed by atoms with Gasteiger partial charge in [-0.05, 0) is 44.0 Å². The van der Waals surface area contributed by atoms with Gasteiger partial charge in [-0.15, -0.1) is 0 Å². The molecule has 0 fully saturated rings. The summed E-state index contributed by atoms with van der Waals surface area (Å²) in [5.41, 5.74) is 3.23. The lowest BCUT2D eigenvalue weighted by molar-refractivity contribution is -0.120. The van der Waals surface area contributed by atoms with Gasteiger partial charge in [0.25, 0.3) is 0 Å². The van der Waals surface area contributed by atoms with Gasteiger partial charge in [0.15, 0.2) is 0 Å². The molecule has 0 heterocycles. The fraction of sp³-hybridized carbons (Fsp3) is 0.333. The fourth-order valence-corrected chi connectivity index (χ4v) is 3.35. The van der Waals surface area contributed by atoms with Crippen LogP contribution in [0.5, 0.6) is 0 Å². The summed E-state index contributed by atoms with van der Waals surface area (Å²) in [5.74, 6) is -1.14. The highest BCUT2D eigenvalue weighted by Gasteiger charge is 2.23. The van der Waals surface area contributed by atoms with Gasteiger partial charge in [0, 0.05) is 24.8 Å². The summed E-state index contributed by atoms with van der Waals surface area (Å²) in [6.07, 6.45) is 0.845. The predicted octanol–water partition coefficient (Wildman–Crippen LogP) is 3.09. The third-order valence-corrected chi connectivity index (χ3v) is 6.41. The number of nitrogens with zero attached hydrogens (tertiary/aromatic N) is 1. The Kier molecular flexibility index (Phi) is 6.96. The minimum atomic E-state index is -3.65. The van der Waals surface area contributed by atoms with Crippen LogP contribution in [0.1, 0.15) is 48.2 Å². The van der Waals surface area contributed by atoms with Gasteiger partial charge in [-0.3, -0.25) is 14.3 Å². The van der Waals surface area contributed by atoms with Crippen molar-refractivity contribution in [3.63, 3.8) is 0 Å². The van der Waals surface area contributed by atoms with Crippen molar-refractivity contribution in [2.24, 2.45) is 0 Å². The average Bonchev–Trinajstić information content (AvgIpc) is 2.67. The van der Waals surface area contributed by atoms with Crippen LogP contribution in [0.3, 0.4) is 0 Å². The first kappa shape index (κ1) is 21.6. The maximum absolute atomic E-state index is 12.3. The third kappa shape index (κ3) is 5.19. The lowest BCUT2D eigenvalue weighted by atomic mass is 10.0. The third-order valence-electron chi connectivity index (χ3n) is 4.68. The number of sulfonamides is 1. The molecule has 7 heteroatoms. The molecule has 2 aromatic carbocycles. The maximum atomic E-state index is 12.3. The van der Waals surface area contributed by atoms with E-state index < -0.39 is 27.1 Å². The summed E-state index contributed by atoms with van der Waals surface area (Å²) < 4.78 is 25.9. The van der Waals surface area contributed by atoms with Crippen molar-refractivity contribution in [2.45, 2.75) is 38.5 Å². The molecule has 28 heavy (non-hydrogen) atoms. The number of aldehydes is 1. The molecule has 0 aliphatic carbocycles. The lowest BCUT2D eigenvalue weighted by Crippen LogP contribution is -2.38. The zero-order valence-corrected chi connectivity index (χ0v) is 17.4. The Balaban J connectivity index is 2.10. The van der Waals surface area contributed by atoms with Gasteiger partial charge in [-0.1, -0.05) is 36.4 Å². The normalized spacial score (nSPS) is 12.5. The number of rotatable bonds is 8. The molecule has 1 unspecified atom stereocenters. The van der Waals surface area contributed by atoms with Crippen molar-refractivity contribution in [1.29, 1.82) is 0 Å². The van der Waals surface area contributed by atoms with Crippen molar-refractivity contribution in [2.75, 3.05) is 11.9 Å². The van der Waals surface area contributed by atoms with Gasteiger partial charge in [-0.2, -0.15) is 0 Å². The van der Waals surface area contributed by atoms with Crippen LogP contribution in [-0.2, 0) is 21.4 Å². The summed E-state index contributed by atoms with van der Waals surface area (Å²) in [6, 6.07) is 14.8. The van der Waals surface area contributed by atoms with Gasteiger partial charge < -0.3 is 4.90 Å². The van der Waals surface area contributed by atoms with Crippen molar-refractivity contribution in [1.82, 2.24) is 4.72 Å². The number of amides is 1.